The fourth-order valence-corrected chi connectivity index (χ4v) is 2.62. The van der Waals surface area contributed by atoms with Crippen LogP contribution < -0.4 is 0 Å². The van der Waals surface area contributed by atoms with E-state index in [1.54, 1.807) is 0 Å². The molecule has 1 amide bonds. The van der Waals surface area contributed by atoms with Gasteiger partial charge in [-0.05, 0) is 32.4 Å². The van der Waals surface area contributed by atoms with Crippen molar-refractivity contribution in [2.75, 3.05) is 33.3 Å². The summed E-state index contributed by atoms with van der Waals surface area (Å²) in [6.07, 6.45) is 4.93. The minimum atomic E-state index is -0.172. The zero-order valence-corrected chi connectivity index (χ0v) is 9.45. The SMILES string of the molecule is COC(=O)N1CCC(N2CCCCC2)C1. The Morgan fingerprint density at radius 2 is 1.93 bits per heavy atom. The molecule has 2 heterocycles. The molecule has 0 N–H and O–H groups in total. The normalized spacial score (nSPS) is 28.1. The molecule has 1 unspecified atom stereocenters. The van der Waals surface area contributed by atoms with Crippen LogP contribution in [0.5, 0.6) is 0 Å². The van der Waals surface area contributed by atoms with Crippen LogP contribution in [0.1, 0.15) is 25.7 Å². The number of hydrogen-bond acceptors (Lipinski definition) is 3. The van der Waals surface area contributed by atoms with E-state index in [1.165, 1.54) is 39.5 Å². The van der Waals surface area contributed by atoms with Crippen LogP contribution in [0, 0.1) is 0 Å². The van der Waals surface area contributed by atoms with E-state index in [-0.39, 0.29) is 6.09 Å². The number of amides is 1. The summed E-state index contributed by atoms with van der Waals surface area (Å²) < 4.78 is 4.74. The molecule has 2 saturated heterocycles. The summed E-state index contributed by atoms with van der Waals surface area (Å²) in [4.78, 5) is 15.7. The van der Waals surface area contributed by atoms with Gasteiger partial charge < -0.3 is 9.64 Å². The third-order valence-corrected chi connectivity index (χ3v) is 3.50. The molecule has 4 nitrogen and oxygen atoms in total. The van der Waals surface area contributed by atoms with Gasteiger partial charge in [0.05, 0.1) is 7.11 Å². The molecule has 0 spiro atoms. The molecule has 2 fully saturated rings. The van der Waals surface area contributed by atoms with E-state index in [0.29, 0.717) is 6.04 Å². The summed E-state index contributed by atoms with van der Waals surface area (Å²) in [7, 11) is 1.45. The summed E-state index contributed by atoms with van der Waals surface area (Å²) in [5, 5.41) is 0. The average Bonchev–Trinajstić information content (AvgIpc) is 2.78. The largest absolute Gasteiger partial charge is 0.453 e. The summed E-state index contributed by atoms with van der Waals surface area (Å²) in [5.41, 5.74) is 0. The van der Waals surface area contributed by atoms with Crippen molar-refractivity contribution in [2.45, 2.75) is 31.7 Å². The number of carbonyl (C=O) groups is 1. The number of piperidine rings is 1. The molecule has 0 aromatic heterocycles. The first-order valence-electron chi connectivity index (χ1n) is 5.88. The summed E-state index contributed by atoms with van der Waals surface area (Å²) in [6, 6.07) is 0.574. The van der Waals surface area contributed by atoms with Gasteiger partial charge in [0.1, 0.15) is 0 Å². The second-order valence-electron chi connectivity index (χ2n) is 4.46. The monoisotopic (exact) mass is 212 g/mol. The first-order chi connectivity index (χ1) is 7.31. The Balaban J connectivity index is 1.83. The number of nitrogens with zero attached hydrogens (tertiary/aromatic N) is 2. The van der Waals surface area contributed by atoms with Crippen molar-refractivity contribution in [3.63, 3.8) is 0 Å². The highest BCUT2D eigenvalue weighted by atomic mass is 16.5. The fourth-order valence-electron chi connectivity index (χ4n) is 2.62. The lowest BCUT2D eigenvalue weighted by Gasteiger charge is -2.31. The Bertz CT molecular complexity index is 227. The van der Waals surface area contributed by atoms with Crippen molar-refractivity contribution in [3.05, 3.63) is 0 Å². The molecule has 2 rings (SSSR count). The van der Waals surface area contributed by atoms with E-state index in [0.717, 1.165) is 19.5 Å². The van der Waals surface area contributed by atoms with Gasteiger partial charge in [0.15, 0.2) is 0 Å². The lowest BCUT2D eigenvalue weighted by atomic mass is 10.1. The van der Waals surface area contributed by atoms with E-state index in [4.69, 9.17) is 4.74 Å². The second-order valence-corrected chi connectivity index (χ2v) is 4.46. The highest BCUT2D eigenvalue weighted by Crippen LogP contribution is 2.20. The zero-order chi connectivity index (χ0) is 10.7. The van der Waals surface area contributed by atoms with Crippen molar-refractivity contribution >= 4 is 6.09 Å². The topological polar surface area (TPSA) is 32.8 Å². The zero-order valence-electron chi connectivity index (χ0n) is 9.45. The van der Waals surface area contributed by atoms with E-state index >= 15 is 0 Å². The van der Waals surface area contributed by atoms with Crippen LogP contribution in [0.15, 0.2) is 0 Å². The van der Waals surface area contributed by atoms with Gasteiger partial charge in [0.2, 0.25) is 0 Å². The molecule has 0 aliphatic carbocycles. The molecule has 0 saturated carbocycles. The van der Waals surface area contributed by atoms with Crippen molar-refractivity contribution < 1.29 is 9.53 Å². The molecule has 4 heteroatoms. The molecule has 0 aromatic carbocycles. The molecule has 0 bridgehead atoms. The quantitative estimate of drug-likeness (QED) is 0.657. The molecule has 0 radical (unpaired) electrons. The number of hydrogen-bond donors (Lipinski definition) is 0. The van der Waals surface area contributed by atoms with Crippen molar-refractivity contribution in [3.8, 4) is 0 Å². The number of methoxy groups -OCH3 is 1. The third kappa shape index (κ3) is 2.43. The Morgan fingerprint density at radius 1 is 1.20 bits per heavy atom. The molecule has 86 valence electrons. The lowest BCUT2D eigenvalue weighted by molar-refractivity contribution is 0.123. The molecule has 0 aromatic rings. The van der Waals surface area contributed by atoms with Crippen LogP contribution >= 0.6 is 0 Å². The minimum absolute atomic E-state index is 0.172. The third-order valence-electron chi connectivity index (χ3n) is 3.50. The molecular formula is C11H20N2O2. The van der Waals surface area contributed by atoms with Crippen LogP contribution in [0.3, 0.4) is 0 Å². The molecule has 2 aliphatic heterocycles. The minimum Gasteiger partial charge on any atom is -0.453 e. The van der Waals surface area contributed by atoms with Gasteiger partial charge in [-0.1, -0.05) is 6.42 Å². The maximum Gasteiger partial charge on any atom is 0.409 e. The van der Waals surface area contributed by atoms with Crippen LogP contribution in [-0.4, -0.2) is 55.2 Å². The molecule has 2 aliphatic rings. The summed E-state index contributed by atoms with van der Waals surface area (Å²) in [5.74, 6) is 0. The highest BCUT2D eigenvalue weighted by Gasteiger charge is 2.31. The predicted molar refractivity (Wildman–Crippen MR) is 57.8 cm³/mol. The number of ether oxygens (including phenoxy) is 1. The van der Waals surface area contributed by atoms with E-state index in [1.807, 2.05) is 4.90 Å². The van der Waals surface area contributed by atoms with Gasteiger partial charge in [-0.25, -0.2) is 4.79 Å². The Kier molecular flexibility index (Phi) is 3.46. The van der Waals surface area contributed by atoms with Gasteiger partial charge in [-0.3, -0.25) is 4.90 Å². The number of carbonyl (C=O) groups excluding carboxylic acids is 1. The number of likely N-dealkylation sites (tertiary alicyclic amines) is 2. The maximum absolute atomic E-state index is 11.3. The van der Waals surface area contributed by atoms with Crippen LogP contribution in [-0.2, 0) is 4.74 Å². The summed E-state index contributed by atoms with van der Waals surface area (Å²) in [6.45, 7) is 4.12. The Morgan fingerprint density at radius 3 is 2.60 bits per heavy atom. The van der Waals surface area contributed by atoms with E-state index in [2.05, 4.69) is 4.90 Å². The van der Waals surface area contributed by atoms with Gasteiger partial charge in [0, 0.05) is 19.1 Å². The highest BCUT2D eigenvalue weighted by molar-refractivity contribution is 5.67. The average molecular weight is 212 g/mol. The number of rotatable bonds is 1. The first kappa shape index (κ1) is 10.7. The van der Waals surface area contributed by atoms with Crippen LogP contribution in [0.25, 0.3) is 0 Å². The Labute approximate surface area is 91.2 Å². The van der Waals surface area contributed by atoms with Crippen LogP contribution in [0.2, 0.25) is 0 Å². The molecule has 1 atom stereocenters. The van der Waals surface area contributed by atoms with E-state index in [9.17, 15) is 4.79 Å². The Hall–Kier alpha value is -0.770. The van der Waals surface area contributed by atoms with E-state index < -0.39 is 0 Å². The molecular weight excluding hydrogens is 192 g/mol. The maximum atomic E-state index is 11.3. The van der Waals surface area contributed by atoms with Crippen molar-refractivity contribution in [1.82, 2.24) is 9.80 Å². The first-order valence-corrected chi connectivity index (χ1v) is 5.88. The predicted octanol–water partition coefficient (Wildman–Crippen LogP) is 1.31. The fraction of sp³-hybridized carbons (Fsp3) is 0.909. The molecule has 15 heavy (non-hydrogen) atoms. The van der Waals surface area contributed by atoms with Crippen LogP contribution in [0.4, 0.5) is 4.79 Å². The lowest BCUT2D eigenvalue weighted by Crippen LogP contribution is -2.41. The van der Waals surface area contributed by atoms with Gasteiger partial charge in [-0.15, -0.1) is 0 Å². The van der Waals surface area contributed by atoms with Crippen molar-refractivity contribution in [2.24, 2.45) is 0 Å². The summed E-state index contributed by atoms with van der Waals surface area (Å²) >= 11 is 0. The smallest absolute Gasteiger partial charge is 0.409 e. The standard InChI is InChI=1S/C11H20N2O2/c1-15-11(14)13-8-5-10(9-13)12-6-3-2-4-7-12/h10H,2-9H2,1H3. The van der Waals surface area contributed by atoms with Gasteiger partial charge in [0.25, 0.3) is 0 Å². The van der Waals surface area contributed by atoms with Gasteiger partial charge >= 0.3 is 6.09 Å². The van der Waals surface area contributed by atoms with Crippen molar-refractivity contribution in [1.29, 1.82) is 0 Å². The van der Waals surface area contributed by atoms with Gasteiger partial charge in [-0.2, -0.15) is 0 Å². The second kappa shape index (κ2) is 4.84.